The largest absolute Gasteiger partial charge is 0.497 e. The number of rotatable bonds is 3. The molecule has 1 aromatic heterocycles. The van der Waals surface area contributed by atoms with Crippen LogP contribution in [0, 0.1) is 0 Å². The fourth-order valence-corrected chi connectivity index (χ4v) is 1.75. The number of nitrogens with two attached hydrogens (primary N) is 1. The second kappa shape index (κ2) is 5.33. The van der Waals surface area contributed by atoms with Gasteiger partial charge < -0.3 is 15.2 Å². The molecule has 1 heterocycles. The highest BCUT2D eigenvalue weighted by atomic mass is 35.5. The van der Waals surface area contributed by atoms with E-state index in [4.69, 9.17) is 38.4 Å². The maximum Gasteiger partial charge on any atom is 0.238 e. The molecule has 2 aromatic rings. The molecule has 18 heavy (non-hydrogen) atoms. The first-order valence-corrected chi connectivity index (χ1v) is 5.78. The zero-order valence-electron chi connectivity index (χ0n) is 9.48. The van der Waals surface area contributed by atoms with Crippen LogP contribution in [0.5, 0.6) is 17.4 Å². The molecule has 0 aliphatic heterocycles. The Morgan fingerprint density at radius 1 is 1.22 bits per heavy atom. The number of halogens is 2. The summed E-state index contributed by atoms with van der Waals surface area (Å²) in [7, 11) is 1.56. The van der Waals surface area contributed by atoms with Gasteiger partial charge >= 0.3 is 0 Å². The predicted molar refractivity (Wildman–Crippen MR) is 71.7 cm³/mol. The maximum absolute atomic E-state index is 5.95. The number of anilines is 1. The number of aromatic nitrogens is 1. The maximum atomic E-state index is 5.95. The van der Waals surface area contributed by atoms with Crippen molar-refractivity contribution in [2.75, 3.05) is 12.8 Å². The molecule has 0 saturated carbocycles. The van der Waals surface area contributed by atoms with Crippen LogP contribution in [-0.2, 0) is 0 Å². The van der Waals surface area contributed by atoms with E-state index in [0.29, 0.717) is 27.2 Å². The molecule has 0 radical (unpaired) electrons. The average molecular weight is 285 g/mol. The van der Waals surface area contributed by atoms with Crippen molar-refractivity contribution in [2.24, 2.45) is 0 Å². The van der Waals surface area contributed by atoms with Crippen molar-refractivity contribution in [3.05, 3.63) is 40.5 Å². The van der Waals surface area contributed by atoms with Gasteiger partial charge in [0.2, 0.25) is 5.88 Å². The van der Waals surface area contributed by atoms with Crippen LogP contribution in [0.15, 0.2) is 30.5 Å². The Morgan fingerprint density at radius 3 is 2.61 bits per heavy atom. The topological polar surface area (TPSA) is 57.4 Å². The van der Waals surface area contributed by atoms with Gasteiger partial charge in [-0.1, -0.05) is 23.2 Å². The number of ether oxygens (including phenoxy) is 2. The van der Waals surface area contributed by atoms with Gasteiger partial charge in [-0.15, -0.1) is 0 Å². The Balaban J connectivity index is 2.28. The fraction of sp³-hybridized carbons (Fsp3) is 0.0833. The third kappa shape index (κ3) is 2.78. The Labute approximate surface area is 114 Å². The van der Waals surface area contributed by atoms with E-state index in [1.54, 1.807) is 31.4 Å². The highest BCUT2D eigenvalue weighted by Crippen LogP contribution is 2.33. The SMILES string of the molecule is COc1ccc(Oc2ncc(Cl)cc2Cl)c(N)c1. The van der Waals surface area contributed by atoms with Crippen molar-refractivity contribution in [3.8, 4) is 17.4 Å². The van der Waals surface area contributed by atoms with Gasteiger partial charge in [-0.3, -0.25) is 0 Å². The zero-order chi connectivity index (χ0) is 13.1. The molecule has 0 aliphatic rings. The molecule has 0 bridgehead atoms. The molecule has 0 amide bonds. The molecule has 1 aromatic carbocycles. The van der Waals surface area contributed by atoms with Gasteiger partial charge in [-0.05, 0) is 18.2 Å². The quantitative estimate of drug-likeness (QED) is 0.872. The van der Waals surface area contributed by atoms with Gasteiger partial charge in [0.05, 0.1) is 17.8 Å². The molecule has 2 N–H and O–H groups in total. The molecule has 0 atom stereocenters. The van der Waals surface area contributed by atoms with Crippen molar-refractivity contribution in [2.45, 2.75) is 0 Å². The van der Waals surface area contributed by atoms with Gasteiger partial charge in [0, 0.05) is 12.3 Å². The van der Waals surface area contributed by atoms with Crippen LogP contribution < -0.4 is 15.2 Å². The van der Waals surface area contributed by atoms with Crippen LogP contribution in [0.4, 0.5) is 5.69 Å². The number of nitrogens with zero attached hydrogens (tertiary/aromatic N) is 1. The number of pyridine rings is 1. The fourth-order valence-electron chi connectivity index (χ4n) is 1.33. The van der Waals surface area contributed by atoms with Crippen LogP contribution in [0.2, 0.25) is 10.0 Å². The Bertz CT molecular complexity index is 576. The van der Waals surface area contributed by atoms with Crippen molar-refractivity contribution in [3.63, 3.8) is 0 Å². The summed E-state index contributed by atoms with van der Waals surface area (Å²) in [6.45, 7) is 0. The van der Waals surface area contributed by atoms with E-state index in [-0.39, 0.29) is 5.88 Å². The predicted octanol–water partition coefficient (Wildman–Crippen LogP) is 3.77. The molecular weight excluding hydrogens is 275 g/mol. The third-order valence-corrected chi connectivity index (χ3v) is 2.68. The molecule has 0 saturated heterocycles. The number of nitrogen functional groups attached to an aromatic ring is 1. The Morgan fingerprint density at radius 2 is 2.00 bits per heavy atom. The standard InChI is InChI=1S/C12H10Cl2N2O2/c1-17-8-2-3-11(10(15)5-8)18-12-9(14)4-7(13)6-16-12/h2-6H,15H2,1H3. The lowest BCUT2D eigenvalue weighted by atomic mass is 10.3. The number of methoxy groups -OCH3 is 1. The second-order valence-electron chi connectivity index (χ2n) is 3.45. The lowest BCUT2D eigenvalue weighted by Gasteiger charge is -2.10. The van der Waals surface area contributed by atoms with E-state index < -0.39 is 0 Å². The number of hydrogen-bond acceptors (Lipinski definition) is 4. The van der Waals surface area contributed by atoms with Crippen LogP contribution in [0.3, 0.4) is 0 Å². The summed E-state index contributed by atoms with van der Waals surface area (Å²) in [5.41, 5.74) is 6.26. The molecule has 0 unspecified atom stereocenters. The smallest absolute Gasteiger partial charge is 0.238 e. The van der Waals surface area contributed by atoms with Crippen molar-refractivity contribution < 1.29 is 9.47 Å². The molecule has 0 fully saturated rings. The van der Waals surface area contributed by atoms with E-state index in [9.17, 15) is 0 Å². The van der Waals surface area contributed by atoms with Gasteiger partial charge in [0.25, 0.3) is 0 Å². The van der Waals surface area contributed by atoms with Crippen molar-refractivity contribution in [1.29, 1.82) is 0 Å². The van der Waals surface area contributed by atoms with E-state index in [0.717, 1.165) is 0 Å². The van der Waals surface area contributed by atoms with E-state index in [1.165, 1.54) is 6.20 Å². The summed E-state index contributed by atoms with van der Waals surface area (Å²) in [5, 5.41) is 0.757. The second-order valence-corrected chi connectivity index (χ2v) is 4.29. The zero-order valence-corrected chi connectivity index (χ0v) is 11.0. The molecule has 2 rings (SSSR count). The monoisotopic (exact) mass is 284 g/mol. The summed E-state index contributed by atoms with van der Waals surface area (Å²) in [4.78, 5) is 3.98. The summed E-state index contributed by atoms with van der Waals surface area (Å²) in [6.07, 6.45) is 1.45. The minimum atomic E-state index is 0.248. The molecule has 0 spiro atoms. The molecule has 6 heteroatoms. The lowest BCUT2D eigenvalue weighted by Crippen LogP contribution is -1.95. The number of benzene rings is 1. The third-order valence-electron chi connectivity index (χ3n) is 2.20. The minimum absolute atomic E-state index is 0.248. The van der Waals surface area contributed by atoms with Gasteiger partial charge in [0.1, 0.15) is 10.8 Å². The summed E-state index contributed by atoms with van der Waals surface area (Å²) >= 11 is 11.7. The van der Waals surface area contributed by atoms with E-state index >= 15 is 0 Å². The van der Waals surface area contributed by atoms with Crippen LogP contribution in [0.1, 0.15) is 0 Å². The minimum Gasteiger partial charge on any atom is -0.497 e. The Hall–Kier alpha value is -1.65. The first kappa shape index (κ1) is 12.8. The summed E-state index contributed by atoms with van der Waals surface area (Å²) in [6, 6.07) is 6.61. The van der Waals surface area contributed by atoms with Crippen LogP contribution >= 0.6 is 23.2 Å². The summed E-state index contributed by atoms with van der Waals surface area (Å²) in [5.74, 6) is 1.35. The number of hydrogen-bond donors (Lipinski definition) is 1. The highest BCUT2D eigenvalue weighted by Gasteiger charge is 2.08. The normalized spacial score (nSPS) is 10.2. The summed E-state index contributed by atoms with van der Waals surface area (Å²) < 4.78 is 10.6. The van der Waals surface area contributed by atoms with Gasteiger partial charge in [-0.2, -0.15) is 0 Å². The molecule has 94 valence electrons. The van der Waals surface area contributed by atoms with Crippen molar-refractivity contribution in [1.82, 2.24) is 4.98 Å². The highest BCUT2D eigenvalue weighted by molar-refractivity contribution is 6.35. The first-order valence-electron chi connectivity index (χ1n) is 5.02. The van der Waals surface area contributed by atoms with Gasteiger partial charge in [0.15, 0.2) is 5.75 Å². The Kier molecular flexibility index (Phi) is 3.79. The lowest BCUT2D eigenvalue weighted by molar-refractivity contribution is 0.413. The average Bonchev–Trinajstić information content (AvgIpc) is 2.34. The van der Waals surface area contributed by atoms with Crippen LogP contribution in [-0.4, -0.2) is 12.1 Å². The van der Waals surface area contributed by atoms with Crippen molar-refractivity contribution >= 4 is 28.9 Å². The van der Waals surface area contributed by atoms with E-state index in [2.05, 4.69) is 4.98 Å². The first-order chi connectivity index (χ1) is 8.60. The van der Waals surface area contributed by atoms with Crippen LogP contribution in [0.25, 0.3) is 0 Å². The van der Waals surface area contributed by atoms with Gasteiger partial charge in [-0.25, -0.2) is 4.98 Å². The molecular formula is C12H10Cl2N2O2. The molecule has 4 nitrogen and oxygen atoms in total. The molecule has 0 aliphatic carbocycles. The van der Waals surface area contributed by atoms with E-state index in [1.807, 2.05) is 0 Å².